The first-order valence-electron chi connectivity index (χ1n) is 14.0. The molecule has 2 unspecified atom stereocenters. The molecule has 1 aliphatic heterocycles. The van der Waals surface area contributed by atoms with E-state index in [0.29, 0.717) is 25.5 Å². The number of hydrogen-bond donors (Lipinski definition) is 4. The van der Waals surface area contributed by atoms with E-state index < -0.39 is 17.6 Å². The minimum absolute atomic E-state index is 0. The van der Waals surface area contributed by atoms with Crippen LogP contribution in [-0.4, -0.2) is 37.0 Å². The van der Waals surface area contributed by atoms with Gasteiger partial charge in [0.05, 0.1) is 11.3 Å². The summed E-state index contributed by atoms with van der Waals surface area (Å²) in [5, 5.41) is 9.37. The molecule has 0 aromatic heterocycles. The average Bonchev–Trinajstić information content (AvgIpc) is 3.42. The Morgan fingerprint density at radius 3 is 2.20 bits per heavy atom. The van der Waals surface area contributed by atoms with Crippen molar-refractivity contribution in [2.24, 2.45) is 5.92 Å². The number of halogens is 4. The first kappa shape index (κ1) is 41.2. The van der Waals surface area contributed by atoms with Crippen LogP contribution in [0.3, 0.4) is 0 Å². The van der Waals surface area contributed by atoms with E-state index in [1.54, 1.807) is 18.9 Å². The summed E-state index contributed by atoms with van der Waals surface area (Å²) >= 11 is 3.54. The van der Waals surface area contributed by atoms with Gasteiger partial charge in [-0.25, -0.2) is 4.39 Å². The fourth-order valence-corrected chi connectivity index (χ4v) is 5.61. The molecule has 0 bridgehead atoms. The van der Waals surface area contributed by atoms with Crippen LogP contribution in [0.15, 0.2) is 60.7 Å². The van der Waals surface area contributed by atoms with E-state index in [1.165, 1.54) is 0 Å². The van der Waals surface area contributed by atoms with Crippen molar-refractivity contribution in [3.05, 3.63) is 90.6 Å². The Morgan fingerprint density at radius 2 is 1.63 bits per heavy atom. The number of anilines is 2. The molecule has 1 radical (unpaired) electrons. The fraction of sp³-hybridized carbons (Fsp3) is 0.333. The zero-order valence-corrected chi connectivity index (χ0v) is 29.6. The van der Waals surface area contributed by atoms with Gasteiger partial charge in [0.15, 0.2) is 0 Å². The van der Waals surface area contributed by atoms with Gasteiger partial charge in [-0.15, -0.1) is 0 Å². The molecular weight excluding hydrogens is 699 g/mol. The largest absolute Gasteiger partial charge is 0.483 e. The summed E-state index contributed by atoms with van der Waals surface area (Å²) in [6.45, 7) is 2.03. The number of nitrogens with zero attached hydrogens (tertiary/aromatic N) is 1. The predicted octanol–water partition coefficient (Wildman–Crippen LogP) is 7.53. The zero-order chi connectivity index (χ0) is 32.4. The second-order valence-corrected chi connectivity index (χ2v) is 10.9. The molecule has 1 aliphatic carbocycles. The molecule has 3 aromatic carbocycles. The average molecular weight is 738 g/mol. The zero-order valence-electron chi connectivity index (χ0n) is 25.9. The van der Waals surface area contributed by atoms with Gasteiger partial charge in [0.25, 0.3) is 6.47 Å². The number of carbonyl (C=O) groups is 3. The molecule has 0 spiro atoms. The maximum Gasteiger partial charge on any atom is 0.416 e. The number of rotatable bonds is 4. The molecular formula is C33H38F4N3O4SY-. The Bertz CT molecular complexity index is 1460. The van der Waals surface area contributed by atoms with Crippen LogP contribution in [0.5, 0.6) is 0 Å². The number of thiol groups is 1. The number of alkyl halides is 3. The molecule has 0 saturated heterocycles. The third-order valence-electron chi connectivity index (χ3n) is 7.67. The van der Waals surface area contributed by atoms with E-state index in [0.717, 1.165) is 59.3 Å². The Balaban J connectivity index is 0.00000123. The summed E-state index contributed by atoms with van der Waals surface area (Å²) in [5.74, 6) is -1.62. The van der Waals surface area contributed by atoms with Crippen molar-refractivity contribution in [3.63, 3.8) is 0 Å². The van der Waals surface area contributed by atoms with Crippen molar-refractivity contribution >= 4 is 42.5 Å². The summed E-state index contributed by atoms with van der Waals surface area (Å²) in [7, 11) is 1.74. The van der Waals surface area contributed by atoms with Gasteiger partial charge in [-0.05, 0) is 91.2 Å². The second-order valence-electron chi connectivity index (χ2n) is 10.5. The maximum absolute atomic E-state index is 14.2. The quantitative estimate of drug-likeness (QED) is 0.0961. The van der Waals surface area contributed by atoms with Crippen molar-refractivity contribution in [2.75, 3.05) is 23.8 Å². The molecule has 7 nitrogen and oxygen atoms in total. The van der Waals surface area contributed by atoms with Crippen molar-refractivity contribution < 1.29 is 69.8 Å². The number of hydrogen-bond acceptors (Lipinski definition) is 5. The van der Waals surface area contributed by atoms with Crippen LogP contribution in [0.2, 0.25) is 0 Å². The first-order chi connectivity index (χ1) is 20.9. The van der Waals surface area contributed by atoms with Crippen LogP contribution >= 0.6 is 12.8 Å². The predicted molar refractivity (Wildman–Crippen MR) is 171 cm³/mol. The summed E-state index contributed by atoms with van der Waals surface area (Å²) in [6, 6.07) is 16.6. The monoisotopic (exact) mass is 737 g/mol. The van der Waals surface area contributed by atoms with E-state index in [2.05, 4.69) is 53.2 Å². The summed E-state index contributed by atoms with van der Waals surface area (Å²) < 4.78 is 55.1. The third kappa shape index (κ3) is 10.9. The molecule has 247 valence electrons. The summed E-state index contributed by atoms with van der Waals surface area (Å²) in [4.78, 5) is 34.8. The summed E-state index contributed by atoms with van der Waals surface area (Å²) in [6.07, 6.45) is -0.813. The number of nitrogens with one attached hydrogen (secondary N) is 2. The van der Waals surface area contributed by atoms with Crippen LogP contribution in [0.4, 0.5) is 28.9 Å². The molecule has 2 atom stereocenters. The van der Waals surface area contributed by atoms with Gasteiger partial charge in [0.2, 0.25) is 11.8 Å². The van der Waals surface area contributed by atoms with Crippen LogP contribution in [0.1, 0.15) is 55.2 Å². The Morgan fingerprint density at radius 1 is 1.02 bits per heavy atom. The normalized spacial score (nSPS) is 16.5. The van der Waals surface area contributed by atoms with Crippen LogP contribution in [-0.2, 0) is 59.7 Å². The van der Waals surface area contributed by atoms with E-state index in [1.807, 2.05) is 12.1 Å². The third-order valence-corrected chi connectivity index (χ3v) is 7.67. The van der Waals surface area contributed by atoms with E-state index in [9.17, 15) is 27.2 Å². The molecule has 1 saturated carbocycles. The Hall–Kier alpha value is -2.80. The van der Waals surface area contributed by atoms with Gasteiger partial charge >= 0.3 is 6.18 Å². The summed E-state index contributed by atoms with van der Waals surface area (Å²) in [5.41, 5.74) is 4.08. The number of amides is 2. The van der Waals surface area contributed by atoms with Crippen molar-refractivity contribution in [3.8, 4) is 11.1 Å². The van der Waals surface area contributed by atoms with Crippen LogP contribution < -0.4 is 14.9 Å². The fourth-order valence-electron chi connectivity index (χ4n) is 5.61. The smallest absolute Gasteiger partial charge is 0.416 e. The van der Waals surface area contributed by atoms with Crippen molar-refractivity contribution in [2.45, 2.75) is 51.1 Å². The minimum atomic E-state index is -4.65. The van der Waals surface area contributed by atoms with E-state index in [-0.39, 0.29) is 75.9 Å². The molecule has 46 heavy (non-hydrogen) atoms. The topological polar surface area (TPSA) is 98.7 Å². The van der Waals surface area contributed by atoms with Gasteiger partial charge in [-0.2, -0.15) is 13.2 Å². The Kier molecular flexibility index (Phi) is 17.1. The molecule has 2 aliphatic rings. The van der Waals surface area contributed by atoms with Crippen molar-refractivity contribution in [1.82, 2.24) is 4.72 Å². The molecule has 3 aromatic rings. The number of fused-ring (bicyclic) bond motifs is 1. The van der Waals surface area contributed by atoms with Crippen LogP contribution in [0, 0.1) is 19.2 Å². The van der Waals surface area contributed by atoms with Gasteiger partial charge in [0, 0.05) is 57.8 Å². The molecule has 1 fully saturated rings. The molecule has 13 heteroatoms. The molecule has 2 amide bonds. The van der Waals surface area contributed by atoms with E-state index in [4.69, 9.17) is 9.90 Å². The second kappa shape index (κ2) is 19.1. The van der Waals surface area contributed by atoms with Crippen LogP contribution in [0.25, 0.3) is 11.1 Å². The van der Waals surface area contributed by atoms with Gasteiger partial charge in [0.1, 0.15) is 5.82 Å². The SMILES string of the molecule is CC(=O)N1CCc2cc(-c3ccc(C4CCCC(C(=O)Nc5ccc(C(F)(F)F)cc5F)C4)cc3)ccc21.CNS.O=CO.[CH3-].[Y]. The number of carbonyl (C=O) groups excluding carboxylic acids is 2. The molecule has 1 heterocycles. The minimum Gasteiger partial charge on any atom is -0.483 e. The first-order valence-corrected chi connectivity index (χ1v) is 14.5. The van der Waals surface area contributed by atoms with Gasteiger partial charge < -0.3 is 22.7 Å². The van der Waals surface area contributed by atoms with Gasteiger partial charge in [-0.3, -0.25) is 19.1 Å². The van der Waals surface area contributed by atoms with Crippen molar-refractivity contribution in [1.29, 1.82) is 0 Å². The van der Waals surface area contributed by atoms with E-state index >= 15 is 0 Å². The maximum atomic E-state index is 14.2. The van der Waals surface area contributed by atoms with Gasteiger partial charge in [-0.1, -0.05) is 49.6 Å². The number of benzene rings is 3. The molecule has 5 rings (SSSR count). The molecule has 3 N–H and O–H groups in total. The number of carboxylic acid groups (broad SMARTS) is 1. The standard InChI is InChI=1S/C30H28F4N2O2.CH5NS.CH2O2.CH3.Y/c1-18(37)36-14-13-23-15-22(9-12-28(23)36)20-7-5-19(6-8-20)21-3-2-4-24(16-21)29(38)35-27-11-10-25(17-26(27)31)30(32,33)34;1-2-3;2-1-3;;/h5-12,15,17,21,24H,2-4,13-14,16H2,1H3,(H,35,38);2-3H,1H3;1H,(H,2,3);1H3;/q;;;-1;. The Labute approximate surface area is 298 Å².